The van der Waals surface area contributed by atoms with Crippen LogP contribution in [-0.4, -0.2) is 65.1 Å². The molecule has 1 saturated carbocycles. The number of sulfonamides is 1. The maximum Gasteiger partial charge on any atom is 0.264 e. The molecule has 0 spiro atoms. The van der Waals surface area contributed by atoms with Crippen LogP contribution in [0.2, 0.25) is 0 Å². The first-order valence-electron chi connectivity index (χ1n) is 14.3. The van der Waals surface area contributed by atoms with Gasteiger partial charge in [0.2, 0.25) is 11.8 Å². The van der Waals surface area contributed by atoms with E-state index in [1.54, 1.807) is 38.3 Å². The second-order valence-corrected chi connectivity index (χ2v) is 12.4. The molecular weight excluding hydrogens is 589 g/mol. The molecule has 0 aromatic heterocycles. The van der Waals surface area contributed by atoms with Crippen molar-refractivity contribution in [2.24, 2.45) is 0 Å². The molecule has 0 heterocycles. The van der Waals surface area contributed by atoms with E-state index in [0.717, 1.165) is 47.7 Å². The van der Waals surface area contributed by atoms with Crippen molar-refractivity contribution in [1.82, 2.24) is 10.2 Å². The summed E-state index contributed by atoms with van der Waals surface area (Å²) in [6.45, 7) is 1.01. The van der Waals surface area contributed by atoms with E-state index in [2.05, 4.69) is 5.32 Å². The fraction of sp³-hybridized carbons (Fsp3) is 0.375. The quantitative estimate of drug-likeness (QED) is 0.296. The number of hydrogen-bond acceptors (Lipinski definition) is 7. The zero-order valence-electron chi connectivity index (χ0n) is 25.3. The summed E-state index contributed by atoms with van der Waals surface area (Å²) in [4.78, 5) is 28.6. The summed E-state index contributed by atoms with van der Waals surface area (Å²) in [7, 11) is -0.0370. The highest BCUT2D eigenvalue weighted by Gasteiger charge is 2.34. The van der Waals surface area contributed by atoms with Gasteiger partial charge < -0.3 is 24.4 Å². The Morgan fingerprint density at radius 1 is 0.909 bits per heavy atom. The van der Waals surface area contributed by atoms with Gasteiger partial charge in [-0.2, -0.15) is 0 Å². The van der Waals surface area contributed by atoms with Crippen LogP contribution in [-0.2, 0) is 26.2 Å². The number of carbonyl (C=O) groups excluding carboxylic acids is 2. The predicted octanol–water partition coefficient (Wildman–Crippen LogP) is 4.52. The monoisotopic (exact) mass is 627 g/mol. The van der Waals surface area contributed by atoms with Gasteiger partial charge in [0.1, 0.15) is 24.2 Å². The second kappa shape index (κ2) is 14.4. The van der Waals surface area contributed by atoms with E-state index in [1.807, 2.05) is 0 Å². The number of amides is 2. The van der Waals surface area contributed by atoms with Crippen molar-refractivity contribution >= 4 is 27.5 Å². The first kappa shape index (κ1) is 32.6. The molecule has 44 heavy (non-hydrogen) atoms. The number of halogens is 1. The molecular formula is C32H38FN3O7S. The van der Waals surface area contributed by atoms with Crippen molar-refractivity contribution in [3.8, 4) is 17.2 Å². The van der Waals surface area contributed by atoms with E-state index in [0.29, 0.717) is 11.5 Å². The second-order valence-electron chi connectivity index (χ2n) is 10.5. The minimum Gasteiger partial charge on any atom is -0.497 e. The van der Waals surface area contributed by atoms with Crippen LogP contribution in [0.25, 0.3) is 0 Å². The van der Waals surface area contributed by atoms with Gasteiger partial charge in [0.25, 0.3) is 10.0 Å². The number of methoxy groups -OCH3 is 3. The zero-order chi connectivity index (χ0) is 31.9. The van der Waals surface area contributed by atoms with Crippen molar-refractivity contribution in [3.63, 3.8) is 0 Å². The third-order valence-electron chi connectivity index (χ3n) is 7.72. The van der Waals surface area contributed by atoms with Crippen molar-refractivity contribution < 1.29 is 36.6 Å². The fourth-order valence-electron chi connectivity index (χ4n) is 5.14. The van der Waals surface area contributed by atoms with E-state index in [-0.39, 0.29) is 34.8 Å². The number of nitrogens with zero attached hydrogens (tertiary/aromatic N) is 2. The van der Waals surface area contributed by atoms with Crippen molar-refractivity contribution in [1.29, 1.82) is 0 Å². The normalized spacial score (nSPS) is 14.0. The Morgan fingerprint density at radius 3 is 2.14 bits per heavy atom. The highest BCUT2D eigenvalue weighted by molar-refractivity contribution is 7.92. The number of hydrogen-bond donors (Lipinski definition) is 1. The summed E-state index contributed by atoms with van der Waals surface area (Å²) in [5, 5.41) is 3.04. The van der Waals surface area contributed by atoms with Gasteiger partial charge in [-0.3, -0.25) is 13.9 Å². The minimum atomic E-state index is -4.39. The van der Waals surface area contributed by atoms with Gasteiger partial charge in [-0.25, -0.2) is 12.8 Å². The summed E-state index contributed by atoms with van der Waals surface area (Å²) < 4.78 is 58.7. The number of carbonyl (C=O) groups is 2. The van der Waals surface area contributed by atoms with Crippen LogP contribution < -0.4 is 23.8 Å². The number of anilines is 1. The largest absolute Gasteiger partial charge is 0.497 e. The van der Waals surface area contributed by atoms with Gasteiger partial charge in [-0.05, 0) is 73.9 Å². The Labute approximate surface area is 257 Å². The molecule has 0 bridgehead atoms. The molecule has 10 nitrogen and oxygen atoms in total. The van der Waals surface area contributed by atoms with Gasteiger partial charge in [0.05, 0.1) is 31.9 Å². The van der Waals surface area contributed by atoms with E-state index in [4.69, 9.17) is 14.2 Å². The van der Waals surface area contributed by atoms with Crippen LogP contribution in [0.4, 0.5) is 10.1 Å². The Balaban J connectivity index is 1.71. The average molecular weight is 628 g/mol. The van der Waals surface area contributed by atoms with E-state index in [1.165, 1.54) is 49.5 Å². The lowest BCUT2D eigenvalue weighted by Gasteiger charge is -2.32. The molecule has 0 aliphatic heterocycles. The number of ether oxygens (including phenoxy) is 3. The standard InChI is InChI=1S/C32H38FN3O7S/c1-22(32(38)34-25-7-5-6-8-25)35(20-23-9-15-27(41-2)16-10-23)31(37)21-36(26-13-11-24(33)12-14-26)44(39,40)28-17-18-29(42-3)30(19-28)43-4/h9-19,22,25H,5-8,20-21H2,1-4H3,(H,34,38)/t22-/m1/s1. The summed E-state index contributed by atoms with van der Waals surface area (Å²) in [5.41, 5.74) is 0.790. The average Bonchev–Trinajstić information content (AvgIpc) is 3.55. The van der Waals surface area contributed by atoms with Gasteiger partial charge >= 0.3 is 0 Å². The van der Waals surface area contributed by atoms with E-state index >= 15 is 0 Å². The molecule has 0 radical (unpaired) electrons. The van der Waals surface area contributed by atoms with Gasteiger partial charge in [-0.1, -0.05) is 25.0 Å². The number of benzene rings is 3. The van der Waals surface area contributed by atoms with Gasteiger partial charge in [0, 0.05) is 18.7 Å². The molecule has 1 N–H and O–H groups in total. The highest BCUT2D eigenvalue weighted by atomic mass is 32.2. The summed E-state index contributed by atoms with van der Waals surface area (Å²) in [6, 6.07) is 15.0. The molecule has 2 amide bonds. The first-order chi connectivity index (χ1) is 21.1. The van der Waals surface area contributed by atoms with Crippen LogP contribution >= 0.6 is 0 Å². The fourth-order valence-corrected chi connectivity index (χ4v) is 6.57. The van der Waals surface area contributed by atoms with E-state index in [9.17, 15) is 22.4 Å². The smallest absolute Gasteiger partial charge is 0.264 e. The van der Waals surface area contributed by atoms with E-state index < -0.39 is 34.3 Å². The molecule has 3 aromatic rings. The van der Waals surface area contributed by atoms with Crippen LogP contribution in [0.5, 0.6) is 17.2 Å². The van der Waals surface area contributed by atoms with Crippen molar-refractivity contribution in [3.05, 3.63) is 78.1 Å². The summed E-state index contributed by atoms with van der Waals surface area (Å²) in [5.74, 6) is -0.386. The Kier molecular flexibility index (Phi) is 10.7. The van der Waals surface area contributed by atoms with Crippen LogP contribution in [0.3, 0.4) is 0 Å². The predicted molar refractivity (Wildman–Crippen MR) is 164 cm³/mol. The van der Waals surface area contributed by atoms with Gasteiger partial charge in [-0.15, -0.1) is 0 Å². The maximum absolute atomic E-state index is 14.1. The Hall–Kier alpha value is -4.32. The molecule has 4 rings (SSSR count). The molecule has 1 aliphatic carbocycles. The van der Waals surface area contributed by atoms with Crippen LogP contribution in [0.1, 0.15) is 38.2 Å². The van der Waals surface area contributed by atoms with Crippen molar-refractivity contribution in [2.45, 2.75) is 56.1 Å². The Bertz CT molecular complexity index is 1540. The topological polar surface area (TPSA) is 114 Å². The SMILES string of the molecule is COc1ccc(CN(C(=O)CN(c2ccc(F)cc2)S(=O)(=O)c2ccc(OC)c(OC)c2)[C@H](C)C(=O)NC2CCCC2)cc1. The van der Waals surface area contributed by atoms with Crippen LogP contribution in [0, 0.1) is 5.82 Å². The van der Waals surface area contributed by atoms with Gasteiger partial charge in [0.15, 0.2) is 11.5 Å². The molecule has 0 unspecified atom stereocenters. The third kappa shape index (κ3) is 7.60. The third-order valence-corrected chi connectivity index (χ3v) is 9.49. The molecule has 1 fully saturated rings. The van der Waals surface area contributed by atoms with Crippen molar-refractivity contribution in [2.75, 3.05) is 32.2 Å². The molecule has 3 aromatic carbocycles. The number of rotatable bonds is 13. The molecule has 1 aliphatic rings. The molecule has 236 valence electrons. The lowest BCUT2D eigenvalue weighted by Crippen LogP contribution is -2.52. The van der Waals surface area contributed by atoms with Crippen LogP contribution in [0.15, 0.2) is 71.6 Å². The Morgan fingerprint density at radius 2 is 1.55 bits per heavy atom. The molecule has 12 heteroatoms. The maximum atomic E-state index is 14.1. The lowest BCUT2D eigenvalue weighted by atomic mass is 10.1. The minimum absolute atomic E-state index is 0.0315. The number of nitrogens with one attached hydrogen (secondary N) is 1. The molecule has 0 saturated heterocycles. The summed E-state index contributed by atoms with van der Waals surface area (Å²) >= 11 is 0. The molecule has 1 atom stereocenters. The first-order valence-corrected chi connectivity index (χ1v) is 15.7. The summed E-state index contributed by atoms with van der Waals surface area (Å²) in [6.07, 6.45) is 3.78. The lowest BCUT2D eigenvalue weighted by molar-refractivity contribution is -0.139. The zero-order valence-corrected chi connectivity index (χ0v) is 26.1. The highest BCUT2D eigenvalue weighted by Crippen LogP contribution is 2.32.